The monoisotopic (exact) mass is 455 g/mol. The number of carbonyl (C=O) groups is 1. The highest BCUT2D eigenvalue weighted by molar-refractivity contribution is 5.74. The second-order valence-electron chi connectivity index (χ2n) is 10.8. The van der Waals surface area contributed by atoms with Crippen molar-refractivity contribution in [2.24, 2.45) is 5.92 Å². The van der Waals surface area contributed by atoms with E-state index in [1.807, 2.05) is 12.1 Å². The van der Waals surface area contributed by atoms with Gasteiger partial charge in [-0.25, -0.2) is 4.79 Å². The van der Waals surface area contributed by atoms with Crippen molar-refractivity contribution in [2.45, 2.75) is 102 Å². The van der Waals surface area contributed by atoms with Gasteiger partial charge in [0.2, 0.25) is 0 Å². The summed E-state index contributed by atoms with van der Waals surface area (Å²) in [7, 11) is 0. The molecule has 2 bridgehead atoms. The van der Waals surface area contributed by atoms with Crippen LogP contribution in [-0.4, -0.2) is 59.2 Å². The van der Waals surface area contributed by atoms with Gasteiger partial charge in [-0.05, 0) is 74.5 Å². The van der Waals surface area contributed by atoms with Crippen molar-refractivity contribution in [2.75, 3.05) is 26.2 Å². The Labute approximate surface area is 200 Å². The number of phenolic OH excluding ortho intramolecular Hbond substituents is 1. The fourth-order valence-corrected chi connectivity index (χ4v) is 6.57. The van der Waals surface area contributed by atoms with Crippen LogP contribution in [0.15, 0.2) is 24.3 Å². The number of urea groups is 1. The number of hydrogen-bond donors (Lipinski definition) is 2. The van der Waals surface area contributed by atoms with Gasteiger partial charge in [-0.1, -0.05) is 51.2 Å². The van der Waals surface area contributed by atoms with Gasteiger partial charge in [0.15, 0.2) is 0 Å². The standard InChI is InChI=1S/C28H45N3O2/c1-2-3-7-15-29-28(33)30(21-22-9-5-4-6-10-22)16-17-31-25-13-14-26(31)19-24(18-25)23-11-8-12-27(32)20-23/h8,11-12,20,22,24-26,32H,2-7,9-10,13-19,21H2,1H3,(H,29,33). The lowest BCUT2D eigenvalue weighted by Crippen LogP contribution is -2.50. The number of benzene rings is 1. The van der Waals surface area contributed by atoms with E-state index in [4.69, 9.17) is 0 Å². The van der Waals surface area contributed by atoms with Crippen LogP contribution in [0.25, 0.3) is 0 Å². The maximum atomic E-state index is 13.1. The molecule has 2 heterocycles. The normalized spacial score (nSPS) is 25.8. The van der Waals surface area contributed by atoms with Crippen LogP contribution in [0.4, 0.5) is 4.79 Å². The molecule has 2 atom stereocenters. The summed E-state index contributed by atoms with van der Waals surface area (Å²) in [5, 5.41) is 13.1. The van der Waals surface area contributed by atoms with Crippen LogP contribution in [0.5, 0.6) is 5.75 Å². The van der Waals surface area contributed by atoms with Gasteiger partial charge in [0.1, 0.15) is 5.75 Å². The van der Waals surface area contributed by atoms with Crippen molar-refractivity contribution in [1.82, 2.24) is 15.1 Å². The van der Waals surface area contributed by atoms with E-state index in [9.17, 15) is 9.90 Å². The van der Waals surface area contributed by atoms with E-state index in [2.05, 4.69) is 28.1 Å². The summed E-state index contributed by atoms with van der Waals surface area (Å²) < 4.78 is 0. The Hall–Kier alpha value is -1.75. The molecule has 1 aromatic carbocycles. The molecule has 5 nitrogen and oxygen atoms in total. The van der Waals surface area contributed by atoms with E-state index in [1.165, 1.54) is 76.2 Å². The Kier molecular flexibility index (Phi) is 8.94. The number of hydrogen-bond acceptors (Lipinski definition) is 3. The van der Waals surface area contributed by atoms with E-state index in [0.717, 1.165) is 32.6 Å². The molecule has 0 aromatic heterocycles. The average molecular weight is 456 g/mol. The molecule has 1 aliphatic carbocycles. The molecule has 2 saturated heterocycles. The third kappa shape index (κ3) is 6.65. The highest BCUT2D eigenvalue weighted by Gasteiger charge is 2.41. The molecule has 5 heteroatoms. The third-order valence-electron chi connectivity index (χ3n) is 8.40. The fourth-order valence-electron chi connectivity index (χ4n) is 6.57. The van der Waals surface area contributed by atoms with Crippen LogP contribution in [0.3, 0.4) is 0 Å². The van der Waals surface area contributed by atoms with Crippen molar-refractivity contribution in [3.63, 3.8) is 0 Å². The topological polar surface area (TPSA) is 55.8 Å². The van der Waals surface area contributed by atoms with E-state index < -0.39 is 0 Å². The zero-order valence-electron chi connectivity index (χ0n) is 20.7. The Balaban J connectivity index is 1.33. The summed E-state index contributed by atoms with van der Waals surface area (Å²) in [5.74, 6) is 1.60. The van der Waals surface area contributed by atoms with Gasteiger partial charge >= 0.3 is 6.03 Å². The molecule has 2 aliphatic heterocycles. The van der Waals surface area contributed by atoms with Gasteiger partial charge in [0, 0.05) is 38.3 Å². The van der Waals surface area contributed by atoms with Gasteiger partial charge in [-0.2, -0.15) is 0 Å². The first kappa shape index (κ1) is 24.4. The quantitative estimate of drug-likeness (QED) is 0.433. The minimum absolute atomic E-state index is 0.152. The van der Waals surface area contributed by atoms with Crippen LogP contribution < -0.4 is 5.32 Å². The number of aromatic hydroxyl groups is 1. The molecule has 0 radical (unpaired) electrons. The SMILES string of the molecule is CCCCCNC(=O)N(CCN1C2CCC1CC(c1cccc(O)c1)C2)CC1CCCCC1. The van der Waals surface area contributed by atoms with Crippen LogP contribution in [-0.2, 0) is 0 Å². The highest BCUT2D eigenvalue weighted by atomic mass is 16.3. The molecule has 2 unspecified atom stereocenters. The number of nitrogens with zero attached hydrogens (tertiary/aromatic N) is 2. The van der Waals surface area contributed by atoms with Crippen LogP contribution in [0.1, 0.15) is 95.5 Å². The van der Waals surface area contributed by atoms with Crippen molar-refractivity contribution in [1.29, 1.82) is 0 Å². The number of fused-ring (bicyclic) bond motifs is 2. The molecule has 4 rings (SSSR count). The zero-order chi connectivity index (χ0) is 23.0. The molecule has 3 aliphatic rings. The van der Waals surface area contributed by atoms with Crippen LogP contribution in [0.2, 0.25) is 0 Å². The number of unbranched alkanes of at least 4 members (excludes halogenated alkanes) is 2. The first-order chi connectivity index (χ1) is 16.1. The molecule has 2 amide bonds. The van der Waals surface area contributed by atoms with E-state index >= 15 is 0 Å². The molecular formula is C28H45N3O2. The number of phenols is 1. The Morgan fingerprint density at radius 2 is 1.85 bits per heavy atom. The van der Waals surface area contributed by atoms with E-state index in [0.29, 0.717) is 29.7 Å². The number of carbonyl (C=O) groups excluding carboxylic acids is 1. The van der Waals surface area contributed by atoms with Gasteiger partial charge in [-0.15, -0.1) is 0 Å². The van der Waals surface area contributed by atoms with Crippen molar-refractivity contribution >= 4 is 6.03 Å². The maximum absolute atomic E-state index is 13.1. The molecular weight excluding hydrogens is 410 g/mol. The molecule has 33 heavy (non-hydrogen) atoms. The van der Waals surface area contributed by atoms with Gasteiger partial charge < -0.3 is 15.3 Å². The lowest BCUT2D eigenvalue weighted by atomic mass is 9.85. The summed E-state index contributed by atoms with van der Waals surface area (Å²) in [6.45, 7) is 5.77. The van der Waals surface area contributed by atoms with Crippen LogP contribution >= 0.6 is 0 Å². The van der Waals surface area contributed by atoms with Crippen molar-refractivity contribution < 1.29 is 9.90 Å². The summed E-state index contributed by atoms with van der Waals surface area (Å²) in [6, 6.07) is 9.24. The minimum atomic E-state index is 0.152. The molecule has 1 saturated carbocycles. The average Bonchev–Trinajstić information content (AvgIpc) is 3.06. The second kappa shape index (κ2) is 12.1. The number of nitrogens with one attached hydrogen (secondary N) is 1. The Bertz CT molecular complexity index is 734. The number of amides is 2. The largest absolute Gasteiger partial charge is 0.508 e. The first-order valence-corrected chi connectivity index (χ1v) is 13.7. The van der Waals surface area contributed by atoms with Gasteiger partial charge in [-0.3, -0.25) is 4.90 Å². The summed E-state index contributed by atoms with van der Waals surface area (Å²) in [4.78, 5) is 17.9. The fraction of sp³-hybridized carbons (Fsp3) is 0.750. The smallest absolute Gasteiger partial charge is 0.317 e. The minimum Gasteiger partial charge on any atom is -0.508 e. The first-order valence-electron chi connectivity index (χ1n) is 13.7. The number of rotatable bonds is 10. The lowest BCUT2D eigenvalue weighted by molar-refractivity contribution is 0.106. The predicted octanol–water partition coefficient (Wildman–Crippen LogP) is 5.88. The summed E-state index contributed by atoms with van der Waals surface area (Å²) >= 11 is 0. The second-order valence-corrected chi connectivity index (χ2v) is 10.8. The van der Waals surface area contributed by atoms with Crippen LogP contribution in [0, 0.1) is 5.92 Å². The van der Waals surface area contributed by atoms with Gasteiger partial charge in [0.25, 0.3) is 0 Å². The molecule has 3 fully saturated rings. The highest BCUT2D eigenvalue weighted by Crippen LogP contribution is 2.43. The van der Waals surface area contributed by atoms with Crippen molar-refractivity contribution in [3.05, 3.63) is 29.8 Å². The Morgan fingerprint density at radius 3 is 2.55 bits per heavy atom. The molecule has 2 N–H and O–H groups in total. The maximum Gasteiger partial charge on any atom is 0.317 e. The van der Waals surface area contributed by atoms with Gasteiger partial charge in [0.05, 0.1) is 0 Å². The summed E-state index contributed by atoms with van der Waals surface area (Å²) in [5.41, 5.74) is 1.29. The lowest BCUT2D eigenvalue weighted by Gasteiger charge is -2.40. The summed E-state index contributed by atoms with van der Waals surface area (Å²) in [6.07, 6.45) is 14.9. The zero-order valence-corrected chi connectivity index (χ0v) is 20.7. The number of piperidine rings is 1. The molecule has 0 spiro atoms. The van der Waals surface area contributed by atoms with E-state index in [1.54, 1.807) is 6.07 Å². The Morgan fingerprint density at radius 1 is 1.09 bits per heavy atom. The predicted molar refractivity (Wildman–Crippen MR) is 135 cm³/mol. The molecule has 1 aromatic rings. The molecule has 184 valence electrons. The van der Waals surface area contributed by atoms with Crippen molar-refractivity contribution in [3.8, 4) is 5.75 Å². The van der Waals surface area contributed by atoms with E-state index in [-0.39, 0.29) is 6.03 Å². The third-order valence-corrected chi connectivity index (χ3v) is 8.40.